The fourth-order valence-corrected chi connectivity index (χ4v) is 3.68. The third kappa shape index (κ3) is 4.83. The number of benzene rings is 1. The van der Waals surface area contributed by atoms with E-state index >= 15 is 0 Å². The summed E-state index contributed by atoms with van der Waals surface area (Å²) in [6.07, 6.45) is 0.837. The number of hydrogen-bond donors (Lipinski definition) is 2. The molecule has 0 saturated carbocycles. The van der Waals surface area contributed by atoms with E-state index in [1.54, 1.807) is 13.8 Å². The number of aryl methyl sites for hydroxylation is 2. The molecule has 0 aliphatic carbocycles. The average molecular weight is 511 g/mol. The van der Waals surface area contributed by atoms with Gasteiger partial charge in [-0.3, -0.25) is 9.20 Å². The molecule has 13 heteroatoms. The van der Waals surface area contributed by atoms with Crippen molar-refractivity contribution >= 4 is 28.9 Å². The van der Waals surface area contributed by atoms with Crippen LogP contribution in [0.25, 0.3) is 17.0 Å². The molecule has 4 aromatic heterocycles. The smallest absolute Gasteiger partial charge is 0.419 e. The van der Waals surface area contributed by atoms with Crippen LogP contribution in [-0.4, -0.2) is 30.2 Å². The number of carbonyl (C=O) groups is 1. The summed E-state index contributed by atoms with van der Waals surface area (Å²) in [6, 6.07) is 6.06. The number of pyridine rings is 1. The zero-order chi connectivity index (χ0) is 26.3. The summed E-state index contributed by atoms with van der Waals surface area (Å²) in [4.78, 5) is 28.8. The van der Waals surface area contributed by atoms with Crippen molar-refractivity contribution in [2.75, 3.05) is 10.6 Å². The van der Waals surface area contributed by atoms with Crippen LogP contribution in [0.4, 0.5) is 34.8 Å². The summed E-state index contributed by atoms with van der Waals surface area (Å²) in [6.45, 7) is 3.25. The van der Waals surface area contributed by atoms with Gasteiger partial charge in [-0.05, 0) is 37.3 Å². The van der Waals surface area contributed by atoms with Crippen molar-refractivity contribution in [2.45, 2.75) is 20.0 Å². The molecule has 0 unspecified atom stereocenters. The Morgan fingerprint density at radius 3 is 2.59 bits per heavy atom. The first kappa shape index (κ1) is 23.9. The minimum atomic E-state index is -4.60. The molecule has 0 fully saturated rings. The summed E-state index contributed by atoms with van der Waals surface area (Å²) >= 11 is 0. The van der Waals surface area contributed by atoms with E-state index in [1.807, 2.05) is 0 Å². The second-order valence-electron chi connectivity index (χ2n) is 7.99. The summed E-state index contributed by atoms with van der Waals surface area (Å²) < 4.78 is 61.3. The quantitative estimate of drug-likeness (QED) is 0.298. The Balaban J connectivity index is 1.43. The van der Waals surface area contributed by atoms with Crippen molar-refractivity contribution in [1.82, 2.24) is 24.3 Å². The van der Waals surface area contributed by atoms with Crippen molar-refractivity contribution in [1.29, 1.82) is 0 Å². The summed E-state index contributed by atoms with van der Waals surface area (Å²) in [7, 11) is 0. The standard InChI is InChI=1S/C24H17F4N7O2/c1-12-20(37-13(2)31-12)22(36)33-14-5-6-18(25)16(8-14)19-11-35-10-15(9-30-23(35)34-19)32-21-17(24(26,27)28)4-3-7-29-21/h3-11H,1-2H3,(H,29,32)(H,33,36). The Morgan fingerprint density at radius 2 is 1.86 bits per heavy atom. The number of nitrogens with zero attached hydrogens (tertiary/aromatic N) is 5. The second kappa shape index (κ2) is 9.00. The number of oxazole rings is 1. The molecular formula is C24H17F4N7O2. The molecule has 5 rings (SSSR count). The highest BCUT2D eigenvalue weighted by molar-refractivity contribution is 6.03. The van der Waals surface area contributed by atoms with E-state index in [0.29, 0.717) is 11.6 Å². The van der Waals surface area contributed by atoms with Gasteiger partial charge in [-0.1, -0.05) is 0 Å². The molecular weight excluding hydrogens is 494 g/mol. The van der Waals surface area contributed by atoms with Gasteiger partial charge in [-0.25, -0.2) is 24.3 Å². The van der Waals surface area contributed by atoms with E-state index < -0.39 is 23.5 Å². The van der Waals surface area contributed by atoms with Crippen LogP contribution < -0.4 is 10.6 Å². The minimum absolute atomic E-state index is 0.0434. The SMILES string of the molecule is Cc1nc(C)c(C(=O)Nc2ccc(F)c(-c3cn4cc(Nc5ncccc5C(F)(F)F)cnc4n3)c2)o1. The number of fused-ring (bicyclic) bond motifs is 1. The zero-order valence-electron chi connectivity index (χ0n) is 19.3. The van der Waals surface area contributed by atoms with Crippen LogP contribution in [0.15, 0.2) is 59.5 Å². The third-order valence-electron chi connectivity index (χ3n) is 5.30. The predicted octanol–water partition coefficient (Wildman–Crippen LogP) is 5.55. The average Bonchev–Trinajstić information content (AvgIpc) is 3.41. The largest absolute Gasteiger partial charge is 0.436 e. The molecule has 4 heterocycles. The van der Waals surface area contributed by atoms with Crippen molar-refractivity contribution in [2.24, 2.45) is 0 Å². The number of halogens is 4. The van der Waals surface area contributed by atoms with Crippen LogP contribution >= 0.6 is 0 Å². The number of alkyl halides is 3. The van der Waals surface area contributed by atoms with Crippen LogP contribution in [0, 0.1) is 19.7 Å². The van der Waals surface area contributed by atoms with Crippen molar-refractivity contribution in [3.8, 4) is 11.3 Å². The first-order valence-corrected chi connectivity index (χ1v) is 10.8. The van der Waals surface area contributed by atoms with Gasteiger partial charge in [0.15, 0.2) is 5.89 Å². The number of carbonyl (C=O) groups excluding carboxylic acids is 1. The fourth-order valence-electron chi connectivity index (χ4n) is 3.68. The van der Waals surface area contributed by atoms with Crippen LogP contribution in [0.2, 0.25) is 0 Å². The molecule has 0 bridgehead atoms. The molecule has 0 spiro atoms. The van der Waals surface area contributed by atoms with Gasteiger partial charge in [-0.2, -0.15) is 13.2 Å². The molecule has 188 valence electrons. The Bertz CT molecular complexity index is 1640. The highest BCUT2D eigenvalue weighted by atomic mass is 19.4. The molecule has 0 aliphatic rings. The summed E-state index contributed by atoms with van der Waals surface area (Å²) in [5.74, 6) is -0.971. The van der Waals surface area contributed by atoms with E-state index in [2.05, 4.69) is 30.6 Å². The number of hydrogen-bond acceptors (Lipinski definition) is 7. The van der Waals surface area contributed by atoms with Crippen LogP contribution in [0.5, 0.6) is 0 Å². The van der Waals surface area contributed by atoms with Gasteiger partial charge >= 0.3 is 6.18 Å². The molecule has 0 radical (unpaired) electrons. The first-order valence-electron chi connectivity index (χ1n) is 10.8. The molecule has 1 amide bonds. The first-order chi connectivity index (χ1) is 17.6. The summed E-state index contributed by atoms with van der Waals surface area (Å²) in [5, 5.41) is 5.25. The lowest BCUT2D eigenvalue weighted by Crippen LogP contribution is -2.12. The molecule has 0 saturated heterocycles. The maximum Gasteiger partial charge on any atom is 0.419 e. The molecule has 37 heavy (non-hydrogen) atoms. The van der Waals surface area contributed by atoms with Gasteiger partial charge in [-0.15, -0.1) is 0 Å². The molecule has 9 nitrogen and oxygen atoms in total. The normalized spacial score (nSPS) is 11.6. The topological polar surface area (TPSA) is 110 Å². The van der Waals surface area contributed by atoms with Gasteiger partial charge < -0.3 is 15.1 Å². The molecule has 5 aromatic rings. The Morgan fingerprint density at radius 1 is 1.05 bits per heavy atom. The number of aromatic nitrogens is 5. The van der Waals surface area contributed by atoms with Gasteiger partial charge in [0.25, 0.3) is 5.91 Å². The highest BCUT2D eigenvalue weighted by Gasteiger charge is 2.34. The van der Waals surface area contributed by atoms with Crippen molar-refractivity contribution in [3.63, 3.8) is 0 Å². The number of rotatable bonds is 5. The Hall–Kier alpha value is -4.81. The fraction of sp³-hybridized carbons (Fsp3) is 0.125. The predicted molar refractivity (Wildman–Crippen MR) is 125 cm³/mol. The number of anilines is 3. The maximum absolute atomic E-state index is 14.7. The van der Waals surface area contributed by atoms with E-state index in [-0.39, 0.29) is 40.0 Å². The van der Waals surface area contributed by atoms with Gasteiger partial charge in [0, 0.05) is 36.8 Å². The zero-order valence-corrected chi connectivity index (χ0v) is 19.3. The lowest BCUT2D eigenvalue weighted by molar-refractivity contribution is -0.137. The van der Waals surface area contributed by atoms with Crippen LogP contribution in [-0.2, 0) is 6.18 Å². The van der Waals surface area contributed by atoms with Gasteiger partial charge in [0.2, 0.25) is 11.5 Å². The Kier molecular flexibility index (Phi) is 5.82. The Labute approximate surface area is 206 Å². The summed E-state index contributed by atoms with van der Waals surface area (Å²) in [5.41, 5.74) is 0.252. The number of amides is 1. The van der Waals surface area contributed by atoms with E-state index in [1.165, 1.54) is 53.5 Å². The highest BCUT2D eigenvalue weighted by Crippen LogP contribution is 2.34. The monoisotopic (exact) mass is 511 g/mol. The second-order valence-corrected chi connectivity index (χ2v) is 7.99. The number of nitrogens with one attached hydrogen (secondary N) is 2. The molecule has 1 aromatic carbocycles. The minimum Gasteiger partial charge on any atom is -0.436 e. The van der Waals surface area contributed by atoms with E-state index in [9.17, 15) is 22.4 Å². The molecule has 0 atom stereocenters. The third-order valence-corrected chi connectivity index (χ3v) is 5.30. The van der Waals surface area contributed by atoms with Gasteiger partial charge in [0.1, 0.15) is 11.6 Å². The lowest BCUT2D eigenvalue weighted by Gasteiger charge is -2.12. The maximum atomic E-state index is 14.7. The van der Waals surface area contributed by atoms with E-state index in [0.717, 1.165) is 6.07 Å². The van der Waals surface area contributed by atoms with Crippen LogP contribution in [0.1, 0.15) is 27.7 Å². The van der Waals surface area contributed by atoms with Crippen LogP contribution in [0.3, 0.4) is 0 Å². The van der Waals surface area contributed by atoms with Gasteiger partial charge in [0.05, 0.1) is 28.8 Å². The molecule has 2 N–H and O–H groups in total. The van der Waals surface area contributed by atoms with Crippen molar-refractivity contribution in [3.05, 3.63) is 83.8 Å². The lowest BCUT2D eigenvalue weighted by atomic mass is 10.1. The molecule has 0 aliphatic heterocycles. The van der Waals surface area contributed by atoms with Crippen molar-refractivity contribution < 1.29 is 26.8 Å². The van der Waals surface area contributed by atoms with E-state index in [4.69, 9.17) is 4.42 Å². The number of imidazole rings is 1.